The molecule has 1 aliphatic rings. The number of aromatic nitrogens is 2. The lowest BCUT2D eigenvalue weighted by atomic mass is 9.98. The smallest absolute Gasteiger partial charge is 0.416 e. The summed E-state index contributed by atoms with van der Waals surface area (Å²) in [5.74, 6) is -0.00282. The lowest BCUT2D eigenvalue weighted by molar-refractivity contribution is -0.137. The third-order valence-corrected chi connectivity index (χ3v) is 7.03. The topological polar surface area (TPSA) is 76.3 Å². The van der Waals surface area contributed by atoms with Gasteiger partial charge < -0.3 is 4.42 Å². The summed E-state index contributed by atoms with van der Waals surface area (Å²) in [6.45, 7) is 0.217. The second kappa shape index (κ2) is 8.04. The van der Waals surface area contributed by atoms with Gasteiger partial charge in [0.2, 0.25) is 21.8 Å². The molecule has 0 spiro atoms. The molecule has 1 fully saturated rings. The van der Waals surface area contributed by atoms with Gasteiger partial charge in [-0.15, -0.1) is 10.2 Å². The van der Waals surface area contributed by atoms with Crippen LogP contribution in [0.15, 0.2) is 57.8 Å². The molecule has 0 N–H and O–H groups in total. The Bertz CT molecular complexity index is 1170. The first kappa shape index (κ1) is 21.4. The second-order valence-corrected chi connectivity index (χ2v) is 9.09. The SMILES string of the molecule is O=S(=O)(c1cccc(C(F)(F)F)c1)N1CCC(c2nnc(-c3ccc(F)cc3)o2)CC1. The van der Waals surface area contributed by atoms with Gasteiger partial charge in [0.15, 0.2) is 0 Å². The number of hydrogen-bond acceptors (Lipinski definition) is 5. The summed E-state index contributed by atoms with van der Waals surface area (Å²) in [5.41, 5.74) is -0.452. The lowest BCUT2D eigenvalue weighted by Crippen LogP contribution is -2.38. The van der Waals surface area contributed by atoms with Crippen molar-refractivity contribution >= 4 is 10.0 Å². The molecule has 1 aromatic heterocycles. The third-order valence-electron chi connectivity index (χ3n) is 5.13. The van der Waals surface area contributed by atoms with Gasteiger partial charge >= 0.3 is 6.18 Å². The summed E-state index contributed by atoms with van der Waals surface area (Å²) in [6, 6.07) is 9.29. The van der Waals surface area contributed by atoms with Gasteiger partial charge in [-0.1, -0.05) is 6.07 Å². The molecule has 0 bridgehead atoms. The fraction of sp³-hybridized carbons (Fsp3) is 0.300. The van der Waals surface area contributed by atoms with E-state index >= 15 is 0 Å². The molecule has 3 aromatic rings. The number of rotatable bonds is 4. The highest BCUT2D eigenvalue weighted by molar-refractivity contribution is 7.89. The Hall–Kier alpha value is -2.79. The highest BCUT2D eigenvalue weighted by atomic mass is 32.2. The van der Waals surface area contributed by atoms with Gasteiger partial charge in [-0.05, 0) is 55.3 Å². The van der Waals surface area contributed by atoms with Crippen molar-refractivity contribution in [3.8, 4) is 11.5 Å². The molecular weight excluding hydrogens is 438 g/mol. The summed E-state index contributed by atoms with van der Waals surface area (Å²) in [5, 5.41) is 7.98. The van der Waals surface area contributed by atoms with E-state index in [1.165, 1.54) is 24.3 Å². The maximum atomic E-state index is 13.1. The van der Waals surface area contributed by atoms with Crippen molar-refractivity contribution in [1.82, 2.24) is 14.5 Å². The standard InChI is InChI=1S/C20H17F4N3O3S/c21-16-6-4-13(5-7-16)18-25-26-19(30-18)14-8-10-27(11-9-14)31(28,29)17-3-1-2-15(12-17)20(22,23)24/h1-7,12,14H,8-11H2. The lowest BCUT2D eigenvalue weighted by Gasteiger charge is -2.29. The zero-order valence-corrected chi connectivity index (χ0v) is 16.8. The number of piperidine rings is 1. The Morgan fingerprint density at radius 2 is 1.68 bits per heavy atom. The molecular formula is C20H17F4N3O3S. The largest absolute Gasteiger partial charge is 0.420 e. The van der Waals surface area contributed by atoms with E-state index in [2.05, 4.69) is 10.2 Å². The molecule has 1 saturated heterocycles. The first-order chi connectivity index (χ1) is 14.6. The summed E-state index contributed by atoms with van der Waals surface area (Å²) in [7, 11) is -4.06. The van der Waals surface area contributed by atoms with Crippen molar-refractivity contribution in [1.29, 1.82) is 0 Å². The van der Waals surface area contributed by atoms with Crippen LogP contribution < -0.4 is 0 Å². The maximum Gasteiger partial charge on any atom is 0.416 e. The Kier molecular flexibility index (Phi) is 5.56. The van der Waals surface area contributed by atoms with Crippen LogP contribution in [-0.2, 0) is 16.2 Å². The van der Waals surface area contributed by atoms with E-state index in [1.54, 1.807) is 0 Å². The first-order valence-electron chi connectivity index (χ1n) is 9.41. The van der Waals surface area contributed by atoms with Crippen LogP contribution in [0.3, 0.4) is 0 Å². The molecule has 4 rings (SSSR count). The van der Waals surface area contributed by atoms with E-state index in [-0.39, 0.29) is 24.9 Å². The molecule has 164 valence electrons. The van der Waals surface area contributed by atoms with Crippen LogP contribution in [0, 0.1) is 5.82 Å². The van der Waals surface area contributed by atoms with Crippen LogP contribution in [0.1, 0.15) is 30.2 Å². The van der Waals surface area contributed by atoms with Crippen molar-refractivity contribution in [2.45, 2.75) is 29.8 Å². The Morgan fingerprint density at radius 3 is 2.32 bits per heavy atom. The molecule has 0 amide bonds. The minimum atomic E-state index is -4.63. The van der Waals surface area contributed by atoms with E-state index in [9.17, 15) is 26.0 Å². The van der Waals surface area contributed by atoms with E-state index in [4.69, 9.17) is 4.42 Å². The summed E-state index contributed by atoms with van der Waals surface area (Å²) in [4.78, 5) is -0.392. The molecule has 2 heterocycles. The van der Waals surface area contributed by atoms with Gasteiger partial charge in [0.1, 0.15) is 5.82 Å². The number of hydrogen-bond donors (Lipinski definition) is 0. The van der Waals surface area contributed by atoms with Crippen molar-refractivity contribution in [2.75, 3.05) is 13.1 Å². The average Bonchev–Trinajstić information content (AvgIpc) is 3.24. The Balaban J connectivity index is 1.46. The van der Waals surface area contributed by atoms with E-state index in [0.717, 1.165) is 22.5 Å². The van der Waals surface area contributed by atoms with Gasteiger partial charge in [0, 0.05) is 24.6 Å². The third kappa shape index (κ3) is 4.47. The van der Waals surface area contributed by atoms with Crippen molar-refractivity contribution in [3.05, 3.63) is 65.8 Å². The van der Waals surface area contributed by atoms with Gasteiger partial charge in [-0.3, -0.25) is 0 Å². The minimum Gasteiger partial charge on any atom is -0.420 e. The van der Waals surface area contributed by atoms with Crippen molar-refractivity contribution in [2.24, 2.45) is 0 Å². The molecule has 0 atom stereocenters. The summed E-state index contributed by atoms with van der Waals surface area (Å²) >= 11 is 0. The number of halogens is 4. The summed E-state index contributed by atoms with van der Waals surface area (Å²) < 4.78 is 84.3. The van der Waals surface area contributed by atoms with Crippen LogP contribution in [0.5, 0.6) is 0 Å². The van der Waals surface area contributed by atoms with Gasteiger partial charge in [-0.25, -0.2) is 12.8 Å². The minimum absolute atomic E-state index is 0.109. The van der Waals surface area contributed by atoms with E-state index in [1.807, 2.05) is 0 Å². The number of benzene rings is 2. The fourth-order valence-electron chi connectivity index (χ4n) is 3.43. The molecule has 0 unspecified atom stereocenters. The van der Waals surface area contributed by atoms with Crippen LogP contribution >= 0.6 is 0 Å². The van der Waals surface area contributed by atoms with Crippen LogP contribution in [0.2, 0.25) is 0 Å². The molecule has 6 nitrogen and oxygen atoms in total. The van der Waals surface area contributed by atoms with Crippen molar-refractivity contribution in [3.63, 3.8) is 0 Å². The van der Waals surface area contributed by atoms with Gasteiger partial charge in [0.25, 0.3) is 0 Å². The van der Waals surface area contributed by atoms with Crippen LogP contribution in [-0.4, -0.2) is 36.0 Å². The molecule has 0 radical (unpaired) electrons. The van der Waals surface area contributed by atoms with E-state index < -0.39 is 32.5 Å². The molecule has 2 aromatic carbocycles. The second-order valence-electron chi connectivity index (χ2n) is 7.16. The normalized spacial score (nSPS) is 16.5. The zero-order chi connectivity index (χ0) is 22.2. The number of nitrogens with zero attached hydrogens (tertiary/aromatic N) is 3. The predicted octanol–water partition coefficient (Wildman–Crippen LogP) is 4.46. The predicted molar refractivity (Wildman–Crippen MR) is 102 cm³/mol. The Morgan fingerprint density at radius 1 is 1.00 bits per heavy atom. The van der Waals surface area contributed by atoms with Crippen LogP contribution in [0.4, 0.5) is 17.6 Å². The molecule has 0 aliphatic carbocycles. The highest BCUT2D eigenvalue weighted by Crippen LogP contribution is 2.34. The molecule has 0 saturated carbocycles. The van der Waals surface area contributed by atoms with Crippen molar-refractivity contribution < 1.29 is 30.4 Å². The first-order valence-corrected chi connectivity index (χ1v) is 10.9. The molecule has 11 heteroatoms. The maximum absolute atomic E-state index is 13.1. The molecule has 31 heavy (non-hydrogen) atoms. The van der Waals surface area contributed by atoms with E-state index in [0.29, 0.717) is 30.4 Å². The average molecular weight is 455 g/mol. The summed E-state index contributed by atoms with van der Waals surface area (Å²) in [6.07, 6.45) is -3.87. The monoisotopic (exact) mass is 455 g/mol. The number of sulfonamides is 1. The number of alkyl halides is 3. The fourth-order valence-corrected chi connectivity index (χ4v) is 4.95. The zero-order valence-electron chi connectivity index (χ0n) is 16.0. The van der Waals surface area contributed by atoms with Gasteiger partial charge in [-0.2, -0.15) is 17.5 Å². The van der Waals surface area contributed by atoms with Crippen LogP contribution in [0.25, 0.3) is 11.5 Å². The Labute approximate surface area is 175 Å². The molecule has 1 aliphatic heterocycles. The highest BCUT2D eigenvalue weighted by Gasteiger charge is 2.35. The van der Waals surface area contributed by atoms with Gasteiger partial charge in [0.05, 0.1) is 10.5 Å². The quantitative estimate of drug-likeness (QED) is 0.543.